The molecule has 7 unspecified atom stereocenters. The molecule has 0 aromatic carbocycles. The Labute approximate surface area is 207 Å². The topological polar surface area (TPSA) is 179 Å². The summed E-state index contributed by atoms with van der Waals surface area (Å²) in [5.74, 6) is 0. The summed E-state index contributed by atoms with van der Waals surface area (Å²) in [4.78, 5) is 0. The maximum absolute atomic E-state index is 10.7. The van der Waals surface area contributed by atoms with Crippen LogP contribution in [-0.2, 0) is 18.9 Å². The SMILES string of the molecule is CCCCCCCCCC[C@@H](C)O[C@@H]1OC(CO)[C@@H](OC2OC(CO)[C@@H](O)C(O)C2O)C(O)C1O. The molecule has 0 aromatic heterocycles. The van der Waals surface area contributed by atoms with Gasteiger partial charge in [0.25, 0.3) is 0 Å². The van der Waals surface area contributed by atoms with Crippen molar-refractivity contribution in [3.8, 4) is 0 Å². The molecular weight excluding hydrogens is 464 g/mol. The van der Waals surface area contributed by atoms with Gasteiger partial charge >= 0.3 is 0 Å². The van der Waals surface area contributed by atoms with Gasteiger partial charge in [-0.05, 0) is 13.3 Å². The number of rotatable bonds is 15. The van der Waals surface area contributed by atoms with Crippen molar-refractivity contribution in [3.05, 3.63) is 0 Å². The van der Waals surface area contributed by atoms with Crippen molar-refractivity contribution in [1.82, 2.24) is 0 Å². The highest BCUT2D eigenvalue weighted by molar-refractivity contribution is 4.94. The van der Waals surface area contributed by atoms with Crippen LogP contribution in [0.2, 0.25) is 0 Å². The van der Waals surface area contributed by atoms with Crippen LogP contribution in [-0.4, -0.2) is 116 Å². The van der Waals surface area contributed by atoms with Crippen LogP contribution >= 0.6 is 0 Å². The standard InChI is InChI=1S/C24H46O11/c1-3-4-5-6-7-8-9-10-11-14(2)32-23-21(31)19(29)22(16(13-26)34-23)35-24-20(30)18(28)17(27)15(12-25)33-24/h14-31H,3-13H2,1-2H3/t14-,15?,16?,17-,18?,19?,20?,21?,22-,23-,24?/m1/s1. The fourth-order valence-corrected chi connectivity index (χ4v) is 4.53. The highest BCUT2D eigenvalue weighted by atomic mass is 16.7. The zero-order chi connectivity index (χ0) is 26.0. The zero-order valence-corrected chi connectivity index (χ0v) is 20.9. The molecule has 11 nitrogen and oxygen atoms in total. The van der Waals surface area contributed by atoms with Gasteiger partial charge in [-0.25, -0.2) is 0 Å². The molecule has 2 aliphatic rings. The lowest BCUT2D eigenvalue weighted by molar-refractivity contribution is -0.362. The first-order valence-electron chi connectivity index (χ1n) is 13.0. The predicted molar refractivity (Wildman–Crippen MR) is 124 cm³/mol. The van der Waals surface area contributed by atoms with Crippen LogP contribution in [0.1, 0.15) is 71.6 Å². The summed E-state index contributed by atoms with van der Waals surface area (Å²) >= 11 is 0. The van der Waals surface area contributed by atoms with Crippen molar-refractivity contribution in [2.24, 2.45) is 0 Å². The van der Waals surface area contributed by atoms with Gasteiger partial charge in [0.15, 0.2) is 12.6 Å². The lowest BCUT2D eigenvalue weighted by Gasteiger charge is -2.46. The Hall–Kier alpha value is -0.440. The summed E-state index contributed by atoms with van der Waals surface area (Å²) < 4.78 is 22.3. The first-order valence-corrected chi connectivity index (χ1v) is 13.0. The Morgan fingerprint density at radius 2 is 1.20 bits per heavy atom. The van der Waals surface area contributed by atoms with E-state index in [9.17, 15) is 35.7 Å². The maximum atomic E-state index is 10.7. The van der Waals surface area contributed by atoms with Crippen LogP contribution in [0.3, 0.4) is 0 Å². The van der Waals surface area contributed by atoms with Crippen molar-refractivity contribution in [2.75, 3.05) is 13.2 Å². The van der Waals surface area contributed by atoms with E-state index in [1.807, 2.05) is 6.92 Å². The predicted octanol–water partition coefficient (Wildman–Crippen LogP) is -0.454. The number of hydrogen-bond acceptors (Lipinski definition) is 11. The van der Waals surface area contributed by atoms with E-state index in [1.165, 1.54) is 38.5 Å². The van der Waals surface area contributed by atoms with Crippen LogP contribution < -0.4 is 0 Å². The van der Waals surface area contributed by atoms with Crippen LogP contribution in [0.15, 0.2) is 0 Å². The summed E-state index contributed by atoms with van der Waals surface area (Å²) in [5, 5.41) is 70.4. The molecule has 0 radical (unpaired) electrons. The number of hydrogen-bond donors (Lipinski definition) is 7. The van der Waals surface area contributed by atoms with E-state index < -0.39 is 74.6 Å². The van der Waals surface area contributed by atoms with Gasteiger partial charge < -0.3 is 54.7 Å². The molecule has 11 atom stereocenters. The van der Waals surface area contributed by atoms with Crippen LogP contribution in [0.5, 0.6) is 0 Å². The molecule has 0 aromatic rings. The molecule has 2 aliphatic heterocycles. The van der Waals surface area contributed by atoms with Crippen LogP contribution in [0.4, 0.5) is 0 Å². The van der Waals surface area contributed by atoms with Crippen molar-refractivity contribution in [1.29, 1.82) is 0 Å². The molecule has 0 amide bonds. The number of unbranched alkanes of at least 4 members (excludes halogenated alkanes) is 7. The van der Waals surface area contributed by atoms with Gasteiger partial charge in [-0.3, -0.25) is 0 Å². The molecule has 2 saturated heterocycles. The third kappa shape index (κ3) is 8.82. The summed E-state index contributed by atoms with van der Waals surface area (Å²) in [7, 11) is 0. The second-order valence-electron chi connectivity index (χ2n) is 9.71. The Bertz CT molecular complexity index is 564. The first kappa shape index (κ1) is 30.8. The van der Waals surface area contributed by atoms with Gasteiger partial charge in [-0.15, -0.1) is 0 Å². The summed E-state index contributed by atoms with van der Waals surface area (Å²) in [5.41, 5.74) is 0. The van der Waals surface area contributed by atoms with Crippen molar-refractivity contribution < 1.29 is 54.7 Å². The number of aliphatic hydroxyl groups excluding tert-OH is 7. The lowest BCUT2D eigenvalue weighted by Crippen LogP contribution is -2.64. The van der Waals surface area contributed by atoms with Gasteiger partial charge in [-0.1, -0.05) is 58.3 Å². The van der Waals surface area contributed by atoms with E-state index in [1.54, 1.807) is 0 Å². The Morgan fingerprint density at radius 3 is 1.80 bits per heavy atom. The lowest BCUT2D eigenvalue weighted by atomic mass is 9.97. The fourth-order valence-electron chi connectivity index (χ4n) is 4.53. The van der Waals surface area contributed by atoms with E-state index in [-0.39, 0.29) is 6.10 Å². The summed E-state index contributed by atoms with van der Waals surface area (Å²) in [6.07, 6.45) is -4.40. The molecular formula is C24H46O11. The molecule has 0 aliphatic carbocycles. The van der Waals surface area contributed by atoms with Crippen molar-refractivity contribution in [3.63, 3.8) is 0 Å². The average Bonchev–Trinajstić information content (AvgIpc) is 2.85. The van der Waals surface area contributed by atoms with Crippen molar-refractivity contribution in [2.45, 2.75) is 139 Å². The quantitative estimate of drug-likeness (QED) is 0.142. The molecule has 0 spiro atoms. The molecule has 0 saturated carbocycles. The normalized spacial score (nSPS) is 39.0. The average molecular weight is 511 g/mol. The minimum atomic E-state index is -1.70. The highest BCUT2D eigenvalue weighted by Crippen LogP contribution is 2.30. The molecule has 2 heterocycles. The van der Waals surface area contributed by atoms with E-state index in [0.29, 0.717) is 0 Å². The Balaban J connectivity index is 1.84. The van der Waals surface area contributed by atoms with Gasteiger partial charge in [0.1, 0.15) is 48.8 Å². The van der Waals surface area contributed by atoms with Crippen LogP contribution in [0, 0.1) is 0 Å². The summed E-state index contributed by atoms with van der Waals surface area (Å²) in [6.45, 7) is 2.82. The van der Waals surface area contributed by atoms with E-state index in [0.717, 1.165) is 19.3 Å². The van der Waals surface area contributed by atoms with Crippen molar-refractivity contribution >= 4 is 0 Å². The van der Waals surface area contributed by atoms with E-state index >= 15 is 0 Å². The van der Waals surface area contributed by atoms with E-state index in [2.05, 4.69) is 6.92 Å². The zero-order valence-electron chi connectivity index (χ0n) is 20.9. The highest BCUT2D eigenvalue weighted by Gasteiger charge is 2.50. The minimum Gasteiger partial charge on any atom is -0.394 e. The Kier molecular flexibility index (Phi) is 13.8. The third-order valence-electron chi connectivity index (χ3n) is 6.79. The minimum absolute atomic E-state index is 0.246. The van der Waals surface area contributed by atoms with Gasteiger partial charge in [0.2, 0.25) is 0 Å². The van der Waals surface area contributed by atoms with Gasteiger partial charge in [-0.2, -0.15) is 0 Å². The fraction of sp³-hybridized carbons (Fsp3) is 1.00. The second kappa shape index (κ2) is 15.7. The Morgan fingerprint density at radius 1 is 0.657 bits per heavy atom. The molecule has 2 fully saturated rings. The maximum Gasteiger partial charge on any atom is 0.187 e. The van der Waals surface area contributed by atoms with Crippen LogP contribution in [0.25, 0.3) is 0 Å². The number of aliphatic hydroxyl groups is 7. The molecule has 11 heteroatoms. The largest absolute Gasteiger partial charge is 0.394 e. The van der Waals surface area contributed by atoms with Gasteiger partial charge in [0.05, 0.1) is 19.3 Å². The van der Waals surface area contributed by atoms with Gasteiger partial charge in [0, 0.05) is 0 Å². The van der Waals surface area contributed by atoms with E-state index in [4.69, 9.17) is 18.9 Å². The molecule has 208 valence electrons. The molecule has 2 rings (SSSR count). The molecule has 0 bridgehead atoms. The monoisotopic (exact) mass is 510 g/mol. The number of ether oxygens (including phenoxy) is 4. The smallest absolute Gasteiger partial charge is 0.187 e. The molecule has 35 heavy (non-hydrogen) atoms. The summed E-state index contributed by atoms with van der Waals surface area (Å²) in [6, 6.07) is 0. The first-order chi connectivity index (χ1) is 16.7. The second-order valence-corrected chi connectivity index (χ2v) is 9.71. The molecule has 7 N–H and O–H groups in total. The third-order valence-corrected chi connectivity index (χ3v) is 6.79.